The Morgan fingerprint density at radius 3 is 2.23 bits per heavy atom. The summed E-state index contributed by atoms with van der Waals surface area (Å²) in [5.74, 6) is -0.650. The summed E-state index contributed by atoms with van der Waals surface area (Å²) in [6, 6.07) is 0. The van der Waals surface area contributed by atoms with E-state index in [9.17, 15) is 30.0 Å². The van der Waals surface area contributed by atoms with E-state index in [0.29, 0.717) is 18.8 Å². The van der Waals surface area contributed by atoms with Gasteiger partial charge in [0.1, 0.15) is 30.5 Å². The Morgan fingerprint density at radius 1 is 0.894 bits per heavy atom. The molecule has 5 aliphatic rings. The lowest BCUT2D eigenvalue weighted by atomic mass is 9.43. The van der Waals surface area contributed by atoms with Crippen LogP contribution in [0, 0.1) is 39.4 Å². The molecule has 47 heavy (non-hydrogen) atoms. The number of hydrogen-bond donors (Lipinski definition) is 4. The topological polar surface area (TPSA) is 143 Å². The Kier molecular flexibility index (Phi) is 10.2. The number of allylic oxidation sites excluding steroid dienone is 4. The average molecular weight is 661 g/mol. The van der Waals surface area contributed by atoms with Crippen LogP contribution in [0.15, 0.2) is 22.8 Å². The molecule has 9 nitrogen and oxygen atoms in total. The number of aliphatic hydroxyl groups is 4. The minimum Gasteiger partial charge on any atom is -0.462 e. The first kappa shape index (κ1) is 36.5. The number of aliphatic hydroxyl groups excluding tert-OH is 4. The summed E-state index contributed by atoms with van der Waals surface area (Å²) in [5.41, 5.74) is 4.06. The predicted octanol–water partition coefficient (Wildman–Crippen LogP) is 5.37. The highest BCUT2D eigenvalue weighted by molar-refractivity contribution is 5.73. The number of hydrogen-bond acceptors (Lipinski definition) is 9. The lowest BCUT2D eigenvalue weighted by Gasteiger charge is -2.62. The molecule has 1 aliphatic heterocycles. The molecule has 4 N–H and O–H groups in total. The molecule has 0 aromatic heterocycles. The maximum atomic E-state index is 14.1. The van der Waals surface area contributed by atoms with E-state index in [1.54, 1.807) is 11.1 Å². The summed E-state index contributed by atoms with van der Waals surface area (Å²) >= 11 is 0. The van der Waals surface area contributed by atoms with E-state index >= 15 is 0 Å². The van der Waals surface area contributed by atoms with Crippen molar-refractivity contribution in [1.82, 2.24) is 0 Å². The normalized spacial score (nSPS) is 43.2. The molecule has 0 unspecified atom stereocenters. The second-order valence-corrected chi connectivity index (χ2v) is 16.9. The standard InChI is InChI=1S/C38H60O9/c1-21(2)10-9-11-23(33(44)47-34-32(43)31(42)30(41)27(20-39)46-34)24-14-18-38(8)26-12-13-28-35(4,5)29(45-22(3)40)16-17-36(28,6)25(26)15-19-37(24,38)7/h10,23-24,27-32,34,39,41-43H,9,11-20H2,1-8H3/t23-,24+,27+,28+,29-,30+,31+,32-,34+,36-,37-,38+/m1/s1. The molecule has 0 aromatic rings. The van der Waals surface area contributed by atoms with Crippen molar-refractivity contribution >= 4 is 11.9 Å². The zero-order valence-electron chi connectivity index (χ0n) is 29.9. The van der Waals surface area contributed by atoms with Crippen molar-refractivity contribution in [2.24, 2.45) is 39.4 Å². The molecule has 3 fully saturated rings. The molecule has 1 saturated heterocycles. The van der Waals surface area contributed by atoms with Crippen LogP contribution in [0.5, 0.6) is 0 Å². The summed E-state index contributed by atoms with van der Waals surface area (Å²) in [7, 11) is 0. The van der Waals surface area contributed by atoms with Crippen LogP contribution >= 0.6 is 0 Å². The highest BCUT2D eigenvalue weighted by Gasteiger charge is 2.64. The first-order valence-electron chi connectivity index (χ1n) is 18.0. The highest BCUT2D eigenvalue weighted by atomic mass is 16.7. The third-order valence-corrected chi connectivity index (χ3v) is 14.0. The van der Waals surface area contributed by atoms with Crippen molar-refractivity contribution < 1.29 is 44.2 Å². The number of rotatable bonds is 8. The fraction of sp³-hybridized carbons (Fsp3) is 0.842. The lowest BCUT2D eigenvalue weighted by Crippen LogP contribution is -2.59. The number of carbonyl (C=O) groups is 2. The third kappa shape index (κ3) is 6.04. The van der Waals surface area contributed by atoms with Gasteiger partial charge in [0.05, 0.1) is 12.5 Å². The number of carbonyl (C=O) groups excluding carboxylic acids is 2. The van der Waals surface area contributed by atoms with Gasteiger partial charge in [0, 0.05) is 12.3 Å². The monoisotopic (exact) mass is 660 g/mol. The fourth-order valence-electron chi connectivity index (χ4n) is 11.2. The van der Waals surface area contributed by atoms with Gasteiger partial charge in [-0.2, -0.15) is 0 Å². The third-order valence-electron chi connectivity index (χ3n) is 14.0. The zero-order chi connectivity index (χ0) is 34.7. The Morgan fingerprint density at radius 2 is 1.60 bits per heavy atom. The highest BCUT2D eigenvalue weighted by Crippen LogP contribution is 2.72. The van der Waals surface area contributed by atoms with Gasteiger partial charge in [-0.15, -0.1) is 0 Å². The van der Waals surface area contributed by atoms with Crippen molar-refractivity contribution in [3.05, 3.63) is 22.8 Å². The molecule has 0 aromatic carbocycles. The van der Waals surface area contributed by atoms with E-state index in [4.69, 9.17) is 14.2 Å². The van der Waals surface area contributed by atoms with Crippen molar-refractivity contribution in [3.8, 4) is 0 Å². The van der Waals surface area contributed by atoms with Gasteiger partial charge in [0.15, 0.2) is 0 Å². The fourth-order valence-corrected chi connectivity index (χ4v) is 11.2. The van der Waals surface area contributed by atoms with E-state index in [0.717, 1.165) is 51.4 Å². The first-order chi connectivity index (χ1) is 21.9. The van der Waals surface area contributed by atoms with Crippen LogP contribution < -0.4 is 0 Å². The molecule has 266 valence electrons. The summed E-state index contributed by atoms with van der Waals surface area (Å²) in [4.78, 5) is 26.1. The Hall–Kier alpha value is -1.78. The van der Waals surface area contributed by atoms with Crippen LogP contribution in [0.2, 0.25) is 0 Å². The predicted molar refractivity (Wildman–Crippen MR) is 177 cm³/mol. The van der Waals surface area contributed by atoms with E-state index in [1.165, 1.54) is 12.5 Å². The van der Waals surface area contributed by atoms with Crippen molar-refractivity contribution in [1.29, 1.82) is 0 Å². The minimum atomic E-state index is -1.63. The molecular weight excluding hydrogens is 600 g/mol. The van der Waals surface area contributed by atoms with Gasteiger partial charge in [-0.05, 0) is 106 Å². The first-order valence-corrected chi connectivity index (χ1v) is 18.0. The van der Waals surface area contributed by atoms with E-state index in [2.05, 4.69) is 40.7 Å². The smallest absolute Gasteiger partial charge is 0.311 e. The number of fused-ring (bicyclic) bond motifs is 4. The van der Waals surface area contributed by atoms with Gasteiger partial charge in [-0.1, -0.05) is 57.4 Å². The second-order valence-electron chi connectivity index (χ2n) is 16.9. The van der Waals surface area contributed by atoms with Gasteiger partial charge < -0.3 is 34.6 Å². The van der Waals surface area contributed by atoms with Crippen LogP contribution in [-0.4, -0.2) is 75.8 Å². The van der Waals surface area contributed by atoms with Gasteiger partial charge in [-0.25, -0.2) is 0 Å². The van der Waals surface area contributed by atoms with Gasteiger partial charge in [-0.3, -0.25) is 9.59 Å². The maximum absolute atomic E-state index is 14.1. The summed E-state index contributed by atoms with van der Waals surface area (Å²) in [6.07, 6.45) is 3.77. The van der Waals surface area contributed by atoms with Crippen molar-refractivity contribution in [2.45, 2.75) is 156 Å². The van der Waals surface area contributed by atoms with E-state index < -0.39 is 49.2 Å². The molecule has 9 heteroatoms. The van der Waals surface area contributed by atoms with Gasteiger partial charge in [0.25, 0.3) is 0 Å². The van der Waals surface area contributed by atoms with Crippen LogP contribution in [-0.2, 0) is 23.8 Å². The molecular formula is C38H60O9. The molecule has 5 rings (SSSR count). The second kappa shape index (κ2) is 13.2. The SMILES string of the molecule is CC(=O)O[C@@H]1CC[C@]2(C)C3=C(CC[C@H]2C1(C)C)[C@]1(C)CC[C@@H]([C@@H](CCC=C(C)C)C(=O)O[C@@H]2O[C@@H](CO)[C@H](O)[C@H](O)[C@H]2O)[C@@]1(C)CC3. The summed E-state index contributed by atoms with van der Waals surface area (Å²) in [6.45, 7) is 16.8. The van der Waals surface area contributed by atoms with Crippen LogP contribution in [0.3, 0.4) is 0 Å². The molecule has 2 saturated carbocycles. The largest absolute Gasteiger partial charge is 0.462 e. The lowest BCUT2D eigenvalue weighted by molar-refractivity contribution is -0.294. The molecule has 0 bridgehead atoms. The quantitative estimate of drug-likeness (QED) is 0.200. The van der Waals surface area contributed by atoms with Gasteiger partial charge >= 0.3 is 11.9 Å². The van der Waals surface area contributed by atoms with Crippen LogP contribution in [0.25, 0.3) is 0 Å². The molecule has 1 heterocycles. The summed E-state index contributed by atoms with van der Waals surface area (Å²) in [5, 5.41) is 40.9. The maximum Gasteiger partial charge on any atom is 0.311 e. The van der Waals surface area contributed by atoms with Crippen molar-refractivity contribution in [2.75, 3.05) is 6.61 Å². The average Bonchev–Trinajstić information content (AvgIpc) is 3.27. The Bertz CT molecular complexity index is 1270. The van der Waals surface area contributed by atoms with Crippen LogP contribution in [0.1, 0.15) is 120 Å². The van der Waals surface area contributed by atoms with E-state index in [-0.39, 0.29) is 39.7 Å². The van der Waals surface area contributed by atoms with Gasteiger partial charge in [0.2, 0.25) is 6.29 Å². The molecule has 0 spiro atoms. The Labute approximate surface area is 281 Å². The Balaban J connectivity index is 1.44. The molecule has 0 radical (unpaired) electrons. The minimum absolute atomic E-state index is 0.0427. The van der Waals surface area contributed by atoms with E-state index in [1.807, 2.05) is 13.8 Å². The van der Waals surface area contributed by atoms with Crippen molar-refractivity contribution in [3.63, 3.8) is 0 Å². The number of esters is 2. The number of ether oxygens (including phenoxy) is 3. The summed E-state index contributed by atoms with van der Waals surface area (Å²) < 4.78 is 17.3. The zero-order valence-corrected chi connectivity index (χ0v) is 29.9. The molecule has 0 amide bonds. The van der Waals surface area contributed by atoms with Crippen LogP contribution in [0.4, 0.5) is 0 Å². The molecule has 12 atom stereocenters. The molecule has 4 aliphatic carbocycles.